The predicted octanol–water partition coefficient (Wildman–Crippen LogP) is 7.13. The van der Waals surface area contributed by atoms with Crippen LogP contribution < -0.4 is 0 Å². The molecular formula is C26H54O3. The van der Waals surface area contributed by atoms with E-state index in [0.29, 0.717) is 18.4 Å². The molecule has 0 saturated heterocycles. The Labute approximate surface area is 183 Å². The smallest absolute Gasteiger partial charge is 0.0600 e. The Morgan fingerprint density at radius 3 is 1.66 bits per heavy atom. The molecule has 0 heterocycles. The van der Waals surface area contributed by atoms with Crippen LogP contribution in [0.15, 0.2) is 0 Å². The molecule has 0 aliphatic rings. The molecule has 0 radical (unpaired) electrons. The first kappa shape index (κ1) is 28.9. The fraction of sp³-hybridized carbons (Fsp3) is 1.00. The second kappa shape index (κ2) is 18.6. The van der Waals surface area contributed by atoms with Gasteiger partial charge in [-0.25, -0.2) is 0 Å². The summed E-state index contributed by atoms with van der Waals surface area (Å²) >= 11 is 0. The van der Waals surface area contributed by atoms with Crippen molar-refractivity contribution in [1.82, 2.24) is 0 Å². The van der Waals surface area contributed by atoms with Crippen LogP contribution >= 0.6 is 0 Å². The van der Waals surface area contributed by atoms with E-state index in [0.717, 1.165) is 63.7 Å². The van der Waals surface area contributed by atoms with Crippen molar-refractivity contribution in [3.8, 4) is 0 Å². The van der Waals surface area contributed by atoms with Crippen molar-refractivity contribution in [1.29, 1.82) is 0 Å². The van der Waals surface area contributed by atoms with E-state index in [1.807, 2.05) is 0 Å². The SMILES string of the molecule is CCCC(C)C(CCCCC(O)CCC(C)CC)OCCC(O)CCC(C)CC. The Morgan fingerprint density at radius 1 is 0.621 bits per heavy atom. The molecule has 0 amide bonds. The molecule has 0 bridgehead atoms. The lowest BCUT2D eigenvalue weighted by atomic mass is 9.93. The molecule has 3 nitrogen and oxygen atoms in total. The summed E-state index contributed by atoms with van der Waals surface area (Å²) in [5.41, 5.74) is 0. The van der Waals surface area contributed by atoms with E-state index in [9.17, 15) is 10.2 Å². The maximum Gasteiger partial charge on any atom is 0.0600 e. The highest BCUT2D eigenvalue weighted by atomic mass is 16.5. The molecule has 0 aromatic heterocycles. The molecule has 2 N–H and O–H groups in total. The third-order valence-electron chi connectivity index (χ3n) is 6.82. The number of unbranched alkanes of at least 4 members (excludes halogenated alkanes) is 1. The van der Waals surface area contributed by atoms with Crippen molar-refractivity contribution in [3.05, 3.63) is 0 Å². The number of hydrogen-bond acceptors (Lipinski definition) is 3. The third kappa shape index (κ3) is 16.3. The minimum atomic E-state index is -0.230. The molecule has 0 aromatic carbocycles. The van der Waals surface area contributed by atoms with Crippen LogP contribution in [0, 0.1) is 17.8 Å². The number of rotatable bonds is 20. The van der Waals surface area contributed by atoms with Gasteiger partial charge < -0.3 is 14.9 Å². The summed E-state index contributed by atoms with van der Waals surface area (Å²) in [6, 6.07) is 0. The van der Waals surface area contributed by atoms with E-state index in [2.05, 4.69) is 41.5 Å². The molecule has 0 aromatic rings. The van der Waals surface area contributed by atoms with Crippen LogP contribution in [0.25, 0.3) is 0 Å². The van der Waals surface area contributed by atoms with Crippen LogP contribution in [0.4, 0.5) is 0 Å². The van der Waals surface area contributed by atoms with Gasteiger partial charge in [0.25, 0.3) is 0 Å². The van der Waals surface area contributed by atoms with Gasteiger partial charge in [-0.05, 0) is 69.1 Å². The van der Waals surface area contributed by atoms with Gasteiger partial charge in [-0.15, -0.1) is 0 Å². The summed E-state index contributed by atoms with van der Waals surface area (Å²) in [6.07, 6.45) is 13.7. The van der Waals surface area contributed by atoms with Crippen LogP contribution in [0.1, 0.15) is 125 Å². The highest BCUT2D eigenvalue weighted by Gasteiger charge is 2.18. The zero-order valence-electron chi connectivity index (χ0n) is 20.7. The average molecular weight is 415 g/mol. The number of ether oxygens (including phenoxy) is 1. The lowest BCUT2D eigenvalue weighted by Crippen LogP contribution is -2.24. The molecule has 6 atom stereocenters. The first-order chi connectivity index (χ1) is 13.8. The maximum absolute atomic E-state index is 10.2. The molecule has 29 heavy (non-hydrogen) atoms. The predicted molar refractivity (Wildman–Crippen MR) is 126 cm³/mol. The van der Waals surface area contributed by atoms with Crippen molar-refractivity contribution in [3.63, 3.8) is 0 Å². The van der Waals surface area contributed by atoms with Crippen LogP contribution in [0.2, 0.25) is 0 Å². The average Bonchev–Trinajstić information content (AvgIpc) is 2.71. The Morgan fingerprint density at radius 2 is 1.14 bits per heavy atom. The number of aliphatic hydroxyl groups is 2. The van der Waals surface area contributed by atoms with E-state index >= 15 is 0 Å². The summed E-state index contributed by atoms with van der Waals surface area (Å²) in [4.78, 5) is 0. The zero-order chi connectivity index (χ0) is 22.1. The largest absolute Gasteiger partial charge is 0.393 e. The molecule has 3 heteroatoms. The van der Waals surface area contributed by atoms with Gasteiger partial charge in [-0.1, -0.05) is 73.6 Å². The molecule has 0 rings (SSSR count). The molecular weight excluding hydrogens is 360 g/mol. The summed E-state index contributed by atoms with van der Waals surface area (Å²) in [5, 5.41) is 20.4. The van der Waals surface area contributed by atoms with Gasteiger partial charge in [0.1, 0.15) is 0 Å². The van der Waals surface area contributed by atoms with Gasteiger partial charge in [-0.2, -0.15) is 0 Å². The van der Waals surface area contributed by atoms with Crippen molar-refractivity contribution in [2.45, 2.75) is 143 Å². The Kier molecular flexibility index (Phi) is 18.6. The van der Waals surface area contributed by atoms with E-state index in [1.54, 1.807) is 0 Å². The summed E-state index contributed by atoms with van der Waals surface area (Å²) in [7, 11) is 0. The van der Waals surface area contributed by atoms with Crippen LogP contribution in [-0.2, 0) is 4.74 Å². The third-order valence-corrected chi connectivity index (χ3v) is 6.82. The topological polar surface area (TPSA) is 49.7 Å². The van der Waals surface area contributed by atoms with Gasteiger partial charge in [-0.3, -0.25) is 0 Å². The Bertz CT molecular complexity index is 347. The second-order valence-electron chi connectivity index (χ2n) is 9.74. The van der Waals surface area contributed by atoms with Crippen LogP contribution in [0.5, 0.6) is 0 Å². The van der Waals surface area contributed by atoms with E-state index in [-0.39, 0.29) is 18.3 Å². The van der Waals surface area contributed by atoms with Crippen molar-refractivity contribution >= 4 is 0 Å². The van der Waals surface area contributed by atoms with Crippen LogP contribution in [0.3, 0.4) is 0 Å². The first-order valence-electron chi connectivity index (χ1n) is 12.8. The van der Waals surface area contributed by atoms with Crippen molar-refractivity contribution in [2.24, 2.45) is 17.8 Å². The molecule has 0 fully saturated rings. The Hall–Kier alpha value is -0.120. The van der Waals surface area contributed by atoms with E-state index in [4.69, 9.17) is 4.74 Å². The van der Waals surface area contributed by atoms with Gasteiger partial charge >= 0.3 is 0 Å². The lowest BCUT2D eigenvalue weighted by molar-refractivity contribution is -0.0100. The zero-order valence-corrected chi connectivity index (χ0v) is 20.7. The number of hydrogen-bond donors (Lipinski definition) is 2. The lowest BCUT2D eigenvalue weighted by Gasteiger charge is -2.25. The Balaban J connectivity index is 4.13. The summed E-state index contributed by atoms with van der Waals surface area (Å²) in [6.45, 7) is 14.2. The molecule has 176 valence electrons. The second-order valence-corrected chi connectivity index (χ2v) is 9.74. The van der Waals surface area contributed by atoms with Crippen molar-refractivity contribution < 1.29 is 14.9 Å². The highest BCUT2D eigenvalue weighted by Crippen LogP contribution is 2.22. The molecule has 0 spiro atoms. The van der Waals surface area contributed by atoms with Gasteiger partial charge in [0.15, 0.2) is 0 Å². The fourth-order valence-corrected chi connectivity index (χ4v) is 3.91. The van der Waals surface area contributed by atoms with E-state index < -0.39 is 0 Å². The molecule has 0 aliphatic carbocycles. The molecule has 0 aliphatic heterocycles. The quantitative estimate of drug-likeness (QED) is 0.208. The van der Waals surface area contributed by atoms with E-state index in [1.165, 1.54) is 25.7 Å². The highest BCUT2D eigenvalue weighted by molar-refractivity contribution is 4.69. The minimum Gasteiger partial charge on any atom is -0.393 e. The van der Waals surface area contributed by atoms with Gasteiger partial charge in [0.2, 0.25) is 0 Å². The summed E-state index contributed by atoms with van der Waals surface area (Å²) in [5.74, 6) is 1.98. The number of aliphatic hydroxyl groups excluding tert-OH is 2. The van der Waals surface area contributed by atoms with Gasteiger partial charge in [0, 0.05) is 6.61 Å². The van der Waals surface area contributed by atoms with Gasteiger partial charge in [0.05, 0.1) is 18.3 Å². The normalized spacial score (nSPS) is 18.2. The molecule has 6 unspecified atom stereocenters. The fourth-order valence-electron chi connectivity index (χ4n) is 3.91. The van der Waals surface area contributed by atoms with Crippen molar-refractivity contribution in [2.75, 3.05) is 6.61 Å². The van der Waals surface area contributed by atoms with Crippen LogP contribution in [-0.4, -0.2) is 35.1 Å². The maximum atomic E-state index is 10.2. The minimum absolute atomic E-state index is 0.142. The molecule has 0 saturated carbocycles. The monoisotopic (exact) mass is 414 g/mol. The standard InChI is InChI=1S/C26H54O3/c1-7-12-23(6)26(29-20-19-25(28)18-16-22(5)9-3)14-11-10-13-24(27)17-15-21(4)8-2/h21-28H,7-20H2,1-6H3. The first-order valence-corrected chi connectivity index (χ1v) is 12.8. The summed E-state index contributed by atoms with van der Waals surface area (Å²) < 4.78 is 6.24.